The maximum atomic E-state index is 14.5. The molecule has 5 rings (SSSR count). The lowest BCUT2D eigenvalue weighted by atomic mass is 9.74. The molecule has 1 spiro atoms. The summed E-state index contributed by atoms with van der Waals surface area (Å²) in [4.78, 5) is 46.1. The van der Waals surface area contributed by atoms with E-state index in [1.807, 2.05) is 11.8 Å². The van der Waals surface area contributed by atoms with Crippen LogP contribution in [0.2, 0.25) is 0 Å². The Balaban J connectivity index is 1.55. The molecule has 8 heteroatoms. The molecule has 37 heavy (non-hydrogen) atoms. The first kappa shape index (κ1) is 26.8. The molecule has 1 unspecified atom stereocenters. The lowest BCUT2D eigenvalue weighted by Crippen LogP contribution is -2.55. The average Bonchev–Trinajstić information content (AvgIpc) is 3.21. The van der Waals surface area contributed by atoms with E-state index in [-0.39, 0.29) is 30.4 Å². The monoisotopic (exact) mass is 530 g/mol. The van der Waals surface area contributed by atoms with Crippen molar-refractivity contribution in [1.82, 2.24) is 9.80 Å². The molecule has 2 saturated heterocycles. The molecular weight excluding hydrogens is 488 g/mol. The summed E-state index contributed by atoms with van der Waals surface area (Å²) in [7, 11) is 0. The number of carbonyl (C=O) groups is 3. The van der Waals surface area contributed by atoms with Gasteiger partial charge in [0.15, 0.2) is 0 Å². The second-order valence-corrected chi connectivity index (χ2v) is 13.4. The lowest BCUT2D eigenvalue weighted by molar-refractivity contribution is -0.154. The third-order valence-electron chi connectivity index (χ3n) is 9.10. The van der Waals surface area contributed by atoms with Gasteiger partial charge in [-0.3, -0.25) is 14.4 Å². The van der Waals surface area contributed by atoms with Crippen LogP contribution in [0.15, 0.2) is 24.3 Å². The van der Waals surface area contributed by atoms with Crippen molar-refractivity contribution in [3.63, 3.8) is 0 Å². The Morgan fingerprint density at radius 3 is 2.57 bits per heavy atom. The Hall–Kier alpha value is -1.80. The number of unbranched alkanes of at least 4 members (excludes halogenated alkanes) is 2. The zero-order chi connectivity index (χ0) is 26.0. The first-order valence-corrected chi connectivity index (χ1v) is 15.2. The highest BCUT2D eigenvalue weighted by Crippen LogP contribution is 2.65. The molecule has 0 radical (unpaired) electrons. The van der Waals surface area contributed by atoms with Crippen LogP contribution in [-0.2, 0) is 19.1 Å². The first-order chi connectivity index (χ1) is 17.9. The molecule has 1 saturated carbocycles. The van der Waals surface area contributed by atoms with E-state index in [4.69, 9.17) is 4.74 Å². The van der Waals surface area contributed by atoms with Crippen molar-refractivity contribution in [1.29, 1.82) is 0 Å². The van der Waals surface area contributed by atoms with Gasteiger partial charge in [-0.05, 0) is 58.3 Å². The molecule has 1 N–H and O–H groups in total. The number of ether oxygens (including phenoxy) is 1. The number of hydrogen-bond acceptors (Lipinski definition) is 6. The number of aliphatic hydroxyl groups excluding tert-OH is 1. The van der Waals surface area contributed by atoms with Crippen LogP contribution in [0, 0.1) is 11.8 Å². The van der Waals surface area contributed by atoms with Gasteiger partial charge in [0.1, 0.15) is 6.04 Å². The topological polar surface area (TPSA) is 87.1 Å². The number of fused-ring (bicyclic) bond motifs is 2. The number of thioether (sulfide) groups is 1. The highest BCUT2D eigenvalue weighted by atomic mass is 32.2. The molecular formula is C29H42N2O5S. The van der Waals surface area contributed by atoms with E-state index in [0.29, 0.717) is 26.1 Å². The molecule has 3 fully saturated rings. The van der Waals surface area contributed by atoms with Gasteiger partial charge in [-0.1, -0.05) is 43.6 Å². The van der Waals surface area contributed by atoms with E-state index in [1.165, 1.54) is 6.42 Å². The average molecular weight is 531 g/mol. The maximum Gasteiger partial charge on any atom is 0.311 e. The largest absolute Gasteiger partial charge is 0.465 e. The summed E-state index contributed by atoms with van der Waals surface area (Å²) in [6, 6.07) is -0.417. The van der Waals surface area contributed by atoms with Crippen molar-refractivity contribution in [3.8, 4) is 0 Å². The van der Waals surface area contributed by atoms with Crippen molar-refractivity contribution >= 4 is 29.5 Å². The number of aliphatic hydroxyl groups is 1. The van der Waals surface area contributed by atoms with E-state index < -0.39 is 27.4 Å². The molecule has 204 valence electrons. The quantitative estimate of drug-likeness (QED) is 0.319. The number of nitrogens with zero attached hydrogens (tertiary/aromatic N) is 2. The number of carbonyl (C=O) groups excluding carboxylic acids is 3. The maximum absolute atomic E-state index is 14.5. The zero-order valence-corrected chi connectivity index (χ0v) is 22.9. The van der Waals surface area contributed by atoms with Crippen molar-refractivity contribution < 1.29 is 24.2 Å². The van der Waals surface area contributed by atoms with Crippen molar-refractivity contribution in [2.45, 2.75) is 99.1 Å². The summed E-state index contributed by atoms with van der Waals surface area (Å²) in [5, 5.41) is 9.25. The summed E-state index contributed by atoms with van der Waals surface area (Å²) in [5.74, 6) is -1.64. The molecule has 0 aromatic heterocycles. The fraction of sp³-hybridized carbons (Fsp3) is 0.759. The number of allylic oxidation sites excluding steroid dienone is 1. The first-order valence-electron chi connectivity index (χ1n) is 14.4. The van der Waals surface area contributed by atoms with Gasteiger partial charge in [-0.2, -0.15) is 0 Å². The third-order valence-corrected chi connectivity index (χ3v) is 10.9. The van der Waals surface area contributed by atoms with Crippen LogP contribution in [0.3, 0.4) is 0 Å². The lowest BCUT2D eigenvalue weighted by Gasteiger charge is -2.40. The van der Waals surface area contributed by atoms with Gasteiger partial charge in [0.2, 0.25) is 11.8 Å². The summed E-state index contributed by atoms with van der Waals surface area (Å²) >= 11 is 1.63. The number of esters is 1. The predicted octanol–water partition coefficient (Wildman–Crippen LogP) is 3.85. The van der Waals surface area contributed by atoms with Gasteiger partial charge in [-0.15, -0.1) is 11.8 Å². The fourth-order valence-corrected chi connectivity index (χ4v) is 9.50. The SMILES string of the molecule is C[C@]12/C=C\CCCCOC(=O)[C@H]1[C@H]1C(=O)N(CCCCCO)C3C(=O)N(C4CCCCC4)CC=C[C@@]31S2. The highest BCUT2D eigenvalue weighted by molar-refractivity contribution is 8.02. The van der Waals surface area contributed by atoms with E-state index in [1.54, 1.807) is 16.7 Å². The van der Waals surface area contributed by atoms with E-state index in [9.17, 15) is 19.5 Å². The van der Waals surface area contributed by atoms with Crippen LogP contribution in [0.1, 0.15) is 77.6 Å². The van der Waals surface area contributed by atoms with Crippen LogP contribution in [0.25, 0.3) is 0 Å². The number of amides is 2. The molecule has 2 amide bonds. The van der Waals surface area contributed by atoms with Gasteiger partial charge < -0.3 is 19.6 Å². The molecule has 1 aliphatic carbocycles. The molecule has 0 aromatic rings. The van der Waals surface area contributed by atoms with Crippen molar-refractivity contribution in [2.24, 2.45) is 11.8 Å². The molecule has 5 aliphatic rings. The van der Waals surface area contributed by atoms with E-state index in [2.05, 4.69) is 24.3 Å². The Morgan fingerprint density at radius 2 is 1.78 bits per heavy atom. The smallest absolute Gasteiger partial charge is 0.311 e. The summed E-state index contributed by atoms with van der Waals surface area (Å²) in [6.45, 7) is 3.57. The summed E-state index contributed by atoms with van der Waals surface area (Å²) < 4.78 is 4.32. The molecule has 4 heterocycles. The molecule has 5 atom stereocenters. The minimum Gasteiger partial charge on any atom is -0.465 e. The molecule has 7 nitrogen and oxygen atoms in total. The number of cyclic esters (lactones) is 1. The van der Waals surface area contributed by atoms with Crippen LogP contribution >= 0.6 is 11.8 Å². The standard InChI is InChI=1S/C29H42N2O5S/c1-28-15-8-2-3-11-20-36-27(35)23(28)22-25(33)31(17-9-5-10-19-32)24-26(34)30(21-13-6-4-7-14-21)18-12-16-29(22,24)37-28/h8,12,15-16,21-24,32H,2-7,9-11,13-14,17-20H2,1H3/b15-8-/t22-,23+,24?,28-,29-/m0/s1. The zero-order valence-electron chi connectivity index (χ0n) is 22.1. The predicted molar refractivity (Wildman–Crippen MR) is 144 cm³/mol. The van der Waals surface area contributed by atoms with E-state index in [0.717, 1.165) is 57.8 Å². The summed E-state index contributed by atoms with van der Waals surface area (Å²) in [5.41, 5.74) is 0. The molecule has 0 aromatic carbocycles. The second kappa shape index (κ2) is 11.1. The number of likely N-dealkylation sites (tertiary alicyclic amines) is 1. The normalized spacial score (nSPS) is 37.6. The molecule has 0 bridgehead atoms. The fourth-order valence-electron chi connectivity index (χ4n) is 7.35. The van der Waals surface area contributed by atoms with Gasteiger partial charge in [0.05, 0.1) is 23.2 Å². The van der Waals surface area contributed by atoms with Crippen molar-refractivity contribution in [3.05, 3.63) is 24.3 Å². The third kappa shape index (κ3) is 4.77. The Bertz CT molecular complexity index is 947. The van der Waals surface area contributed by atoms with Crippen LogP contribution in [0.4, 0.5) is 0 Å². The van der Waals surface area contributed by atoms with Gasteiger partial charge in [0.25, 0.3) is 0 Å². The highest BCUT2D eigenvalue weighted by Gasteiger charge is 2.73. The summed E-state index contributed by atoms with van der Waals surface area (Å²) in [6.07, 6.45) is 18.8. The minimum absolute atomic E-state index is 0.0343. The van der Waals surface area contributed by atoms with E-state index >= 15 is 0 Å². The van der Waals surface area contributed by atoms with Crippen molar-refractivity contribution in [2.75, 3.05) is 26.3 Å². The van der Waals surface area contributed by atoms with Crippen LogP contribution in [-0.4, -0.2) is 80.6 Å². The Labute approximate surface area is 225 Å². The minimum atomic E-state index is -0.800. The number of rotatable bonds is 6. The number of hydrogen-bond donors (Lipinski definition) is 1. The van der Waals surface area contributed by atoms with Crippen LogP contribution < -0.4 is 0 Å². The van der Waals surface area contributed by atoms with Gasteiger partial charge in [0, 0.05) is 30.5 Å². The Morgan fingerprint density at radius 1 is 0.973 bits per heavy atom. The van der Waals surface area contributed by atoms with Gasteiger partial charge in [-0.25, -0.2) is 0 Å². The van der Waals surface area contributed by atoms with Gasteiger partial charge >= 0.3 is 5.97 Å². The Kier molecular flexibility index (Phi) is 8.06. The second-order valence-electron chi connectivity index (χ2n) is 11.6. The van der Waals surface area contributed by atoms with Crippen LogP contribution in [0.5, 0.6) is 0 Å². The molecule has 4 aliphatic heterocycles.